The van der Waals surface area contributed by atoms with Crippen LogP contribution < -0.4 is 4.74 Å². The summed E-state index contributed by atoms with van der Waals surface area (Å²) in [5, 5.41) is 9.72. The largest absolute Gasteiger partial charge is 0.478 e. The Morgan fingerprint density at radius 3 is 2.59 bits per heavy atom. The smallest absolute Gasteiger partial charge is 0.335 e. The predicted octanol–water partition coefficient (Wildman–Crippen LogP) is 6.57. The molecule has 0 heterocycles. The van der Waals surface area contributed by atoms with Crippen LogP contribution in [0.3, 0.4) is 0 Å². The molecule has 1 N–H and O–H groups in total. The van der Waals surface area contributed by atoms with Crippen molar-refractivity contribution in [2.24, 2.45) is 5.41 Å². The summed E-state index contributed by atoms with van der Waals surface area (Å²) in [6, 6.07) is 8.01. The van der Waals surface area contributed by atoms with Crippen molar-refractivity contribution in [3.05, 3.63) is 63.1 Å². The van der Waals surface area contributed by atoms with Crippen LogP contribution in [0.1, 0.15) is 54.1 Å². The number of halogens is 2. The van der Waals surface area contributed by atoms with Crippen molar-refractivity contribution in [2.45, 2.75) is 39.0 Å². The number of carbonyl (C=O) groups is 2. The third-order valence-electron chi connectivity index (χ3n) is 5.84. The Morgan fingerprint density at radius 1 is 1.21 bits per heavy atom. The van der Waals surface area contributed by atoms with Gasteiger partial charge in [-0.1, -0.05) is 36.5 Å². The fourth-order valence-electron chi connectivity index (χ4n) is 4.55. The summed E-state index contributed by atoms with van der Waals surface area (Å²) in [5.41, 5.74) is 3.02. The second-order valence-electron chi connectivity index (χ2n) is 7.70. The molecule has 0 fully saturated rings. The summed E-state index contributed by atoms with van der Waals surface area (Å²) in [6.45, 7) is 2.15. The first-order valence-corrected chi connectivity index (χ1v) is 10.4. The van der Waals surface area contributed by atoms with Crippen LogP contribution in [0.4, 0.5) is 0 Å². The van der Waals surface area contributed by atoms with E-state index in [0.29, 0.717) is 28.0 Å². The number of allylic oxidation sites excluding steroid dienone is 2. The normalized spacial score (nSPS) is 20.1. The lowest BCUT2D eigenvalue weighted by molar-refractivity contribution is -0.115. The lowest BCUT2D eigenvalue weighted by Gasteiger charge is -2.33. The summed E-state index contributed by atoms with van der Waals surface area (Å²) < 4.78 is 5.92. The van der Waals surface area contributed by atoms with Gasteiger partial charge in [0.2, 0.25) is 0 Å². The molecule has 150 valence electrons. The van der Waals surface area contributed by atoms with Crippen LogP contribution >= 0.6 is 23.2 Å². The molecule has 0 saturated carbocycles. The molecule has 2 aromatic carbocycles. The van der Waals surface area contributed by atoms with E-state index in [-0.39, 0.29) is 16.8 Å². The van der Waals surface area contributed by atoms with E-state index in [2.05, 4.69) is 6.92 Å². The maximum absolute atomic E-state index is 12.1. The van der Waals surface area contributed by atoms with Gasteiger partial charge in [-0.25, -0.2) is 4.79 Å². The molecule has 1 unspecified atom stereocenters. The molecule has 0 aliphatic heterocycles. The average molecular weight is 431 g/mol. The Hall–Kier alpha value is -2.30. The SMILES string of the molecule is CCCC12CCC(=O)C=C1c1c(cc(Oc3ccc(C(=O)O)cc3)c(Cl)c1Cl)C2. The summed E-state index contributed by atoms with van der Waals surface area (Å²) in [6.07, 6.45) is 5.94. The minimum atomic E-state index is -0.998. The molecule has 0 radical (unpaired) electrons. The van der Waals surface area contributed by atoms with Gasteiger partial charge >= 0.3 is 5.97 Å². The highest BCUT2D eigenvalue weighted by molar-refractivity contribution is 6.44. The third-order valence-corrected chi connectivity index (χ3v) is 6.69. The first-order valence-electron chi connectivity index (χ1n) is 9.62. The Balaban J connectivity index is 1.74. The van der Waals surface area contributed by atoms with Crippen molar-refractivity contribution >= 4 is 40.5 Å². The number of benzene rings is 2. The van der Waals surface area contributed by atoms with E-state index in [1.54, 1.807) is 18.2 Å². The number of aromatic carboxylic acids is 1. The molecule has 0 spiro atoms. The van der Waals surface area contributed by atoms with Crippen LogP contribution in [-0.4, -0.2) is 16.9 Å². The summed E-state index contributed by atoms with van der Waals surface area (Å²) in [7, 11) is 0. The summed E-state index contributed by atoms with van der Waals surface area (Å²) in [5.74, 6) is 0.0316. The summed E-state index contributed by atoms with van der Waals surface area (Å²) in [4.78, 5) is 23.1. The highest BCUT2D eigenvalue weighted by atomic mass is 35.5. The van der Waals surface area contributed by atoms with Crippen molar-refractivity contribution in [1.82, 2.24) is 0 Å². The Kier molecular flexibility index (Phi) is 5.18. The van der Waals surface area contributed by atoms with Crippen LogP contribution in [0.5, 0.6) is 11.5 Å². The number of ketones is 1. The molecule has 4 rings (SSSR count). The Morgan fingerprint density at radius 2 is 1.93 bits per heavy atom. The van der Waals surface area contributed by atoms with Gasteiger partial charge in [-0.05, 0) is 66.8 Å². The highest BCUT2D eigenvalue weighted by Crippen LogP contribution is 2.58. The number of carboxylic acid groups (broad SMARTS) is 1. The molecule has 1 atom stereocenters. The van der Waals surface area contributed by atoms with Gasteiger partial charge in [-0.2, -0.15) is 0 Å². The standard InChI is InChI=1S/C23H20Cl2O4/c1-2-8-23-9-7-15(26)11-17(23)19-14(12-23)10-18(20(24)21(19)25)29-16-5-3-13(4-6-16)22(27)28/h3-6,10-11H,2,7-9,12H2,1H3,(H,27,28). The first kappa shape index (κ1) is 20.0. The zero-order valence-electron chi connectivity index (χ0n) is 15.9. The maximum atomic E-state index is 12.1. The van der Waals surface area contributed by atoms with Crippen molar-refractivity contribution in [3.8, 4) is 11.5 Å². The molecule has 29 heavy (non-hydrogen) atoms. The molecule has 0 aromatic heterocycles. The highest BCUT2D eigenvalue weighted by Gasteiger charge is 2.45. The Labute approximate surface area is 179 Å². The lowest BCUT2D eigenvalue weighted by atomic mass is 9.70. The van der Waals surface area contributed by atoms with Gasteiger partial charge in [-0.3, -0.25) is 4.79 Å². The van der Waals surface area contributed by atoms with Gasteiger partial charge in [0.15, 0.2) is 5.78 Å². The van der Waals surface area contributed by atoms with Crippen LogP contribution in [0, 0.1) is 5.41 Å². The first-order chi connectivity index (χ1) is 13.8. The average Bonchev–Trinajstić information content (AvgIpc) is 3.00. The van der Waals surface area contributed by atoms with Crippen LogP contribution in [0.2, 0.25) is 10.0 Å². The number of hydrogen-bond acceptors (Lipinski definition) is 3. The van der Waals surface area contributed by atoms with Gasteiger partial charge < -0.3 is 9.84 Å². The molecule has 0 saturated heterocycles. The second kappa shape index (κ2) is 7.51. The fourth-order valence-corrected chi connectivity index (χ4v) is 5.05. The van der Waals surface area contributed by atoms with Crippen molar-refractivity contribution in [3.63, 3.8) is 0 Å². The Bertz CT molecular complexity index is 1040. The monoisotopic (exact) mass is 430 g/mol. The van der Waals surface area contributed by atoms with E-state index in [1.807, 2.05) is 6.07 Å². The van der Waals surface area contributed by atoms with Crippen LogP contribution in [0.25, 0.3) is 5.57 Å². The van der Waals surface area contributed by atoms with E-state index >= 15 is 0 Å². The van der Waals surface area contributed by atoms with Crippen molar-refractivity contribution in [1.29, 1.82) is 0 Å². The molecule has 2 aromatic rings. The fraction of sp³-hybridized carbons (Fsp3) is 0.304. The second-order valence-corrected chi connectivity index (χ2v) is 8.46. The predicted molar refractivity (Wildman–Crippen MR) is 113 cm³/mol. The number of carbonyl (C=O) groups excluding carboxylic acids is 1. The van der Waals surface area contributed by atoms with E-state index < -0.39 is 5.97 Å². The minimum absolute atomic E-state index is 0.0697. The topological polar surface area (TPSA) is 63.6 Å². The molecule has 0 bridgehead atoms. The van der Waals surface area contributed by atoms with Gasteiger partial charge in [0.25, 0.3) is 0 Å². The minimum Gasteiger partial charge on any atom is -0.478 e. The molecule has 2 aliphatic carbocycles. The molecular formula is C23H20Cl2O4. The van der Waals surface area contributed by atoms with Crippen LogP contribution in [0.15, 0.2) is 36.4 Å². The number of rotatable bonds is 5. The lowest BCUT2D eigenvalue weighted by Crippen LogP contribution is -2.25. The number of carboxylic acids is 1. The van der Waals surface area contributed by atoms with Gasteiger partial charge in [0.1, 0.15) is 16.5 Å². The zero-order valence-corrected chi connectivity index (χ0v) is 17.4. The number of fused-ring (bicyclic) bond motifs is 3. The van der Waals surface area contributed by atoms with E-state index in [1.165, 1.54) is 12.1 Å². The number of hydrogen-bond donors (Lipinski definition) is 1. The van der Waals surface area contributed by atoms with Crippen LogP contribution in [-0.2, 0) is 11.2 Å². The van der Waals surface area contributed by atoms with Crippen molar-refractivity contribution in [2.75, 3.05) is 0 Å². The summed E-state index contributed by atoms with van der Waals surface area (Å²) >= 11 is 13.2. The molecule has 0 amide bonds. The third kappa shape index (κ3) is 3.45. The number of ether oxygens (including phenoxy) is 1. The van der Waals surface area contributed by atoms with Gasteiger partial charge in [0, 0.05) is 17.4 Å². The van der Waals surface area contributed by atoms with Crippen molar-refractivity contribution < 1.29 is 19.4 Å². The van der Waals surface area contributed by atoms with E-state index in [4.69, 9.17) is 33.0 Å². The van der Waals surface area contributed by atoms with E-state index in [9.17, 15) is 9.59 Å². The van der Waals surface area contributed by atoms with E-state index in [0.717, 1.165) is 42.4 Å². The quantitative estimate of drug-likeness (QED) is 0.581. The maximum Gasteiger partial charge on any atom is 0.335 e. The molecular weight excluding hydrogens is 411 g/mol. The van der Waals surface area contributed by atoms with Gasteiger partial charge in [-0.15, -0.1) is 0 Å². The molecule has 4 nitrogen and oxygen atoms in total. The molecule has 2 aliphatic rings. The zero-order chi connectivity index (χ0) is 20.8. The van der Waals surface area contributed by atoms with Gasteiger partial charge in [0.05, 0.1) is 10.6 Å². The molecule has 6 heteroatoms.